The van der Waals surface area contributed by atoms with E-state index in [0.717, 1.165) is 0 Å². The molecule has 1 saturated carbocycles. The number of alkyl halides is 4. The van der Waals surface area contributed by atoms with Gasteiger partial charge in [0.2, 0.25) is 0 Å². The van der Waals surface area contributed by atoms with Gasteiger partial charge in [-0.2, -0.15) is 23.5 Å². The lowest BCUT2D eigenvalue weighted by molar-refractivity contribution is -0.125. The van der Waals surface area contributed by atoms with Crippen LogP contribution in [-0.4, -0.2) is 69.2 Å². The van der Waals surface area contributed by atoms with Crippen LogP contribution in [0.15, 0.2) is 36.7 Å². The second kappa shape index (κ2) is 10.8. The molecule has 0 unspecified atom stereocenters. The molecule has 4 N–H and O–H groups in total. The average molecular weight is 548 g/mol. The van der Waals surface area contributed by atoms with Crippen molar-refractivity contribution >= 4 is 17.1 Å². The number of halogens is 4. The number of pyridine rings is 1. The number of anilines is 1. The molecule has 13 heteroatoms. The predicted molar refractivity (Wildman–Crippen MR) is 136 cm³/mol. The Bertz CT molecular complexity index is 1390. The maximum Gasteiger partial charge on any atom is 0.401 e. The number of carbonyl (C=O) groups excluding carboxylic acids is 1. The summed E-state index contributed by atoms with van der Waals surface area (Å²) in [7, 11) is 0. The van der Waals surface area contributed by atoms with Crippen LogP contribution < -0.4 is 16.0 Å². The molecule has 0 radical (unpaired) electrons. The molecule has 0 spiro atoms. The van der Waals surface area contributed by atoms with Crippen molar-refractivity contribution in [3.05, 3.63) is 47.8 Å². The van der Waals surface area contributed by atoms with Crippen molar-refractivity contribution < 1.29 is 27.5 Å². The molecule has 0 saturated heterocycles. The Labute approximate surface area is 222 Å². The number of hydrogen-bond acceptors (Lipinski definition) is 7. The van der Waals surface area contributed by atoms with Crippen molar-refractivity contribution in [3.8, 4) is 17.5 Å². The van der Waals surface area contributed by atoms with Crippen LogP contribution in [0.1, 0.15) is 42.6 Å². The van der Waals surface area contributed by atoms with E-state index in [9.17, 15) is 23.1 Å². The van der Waals surface area contributed by atoms with Gasteiger partial charge in [0.15, 0.2) is 0 Å². The maximum absolute atomic E-state index is 15.2. The fourth-order valence-electron chi connectivity index (χ4n) is 4.65. The minimum Gasteiger partial charge on any atom is -0.387 e. The van der Waals surface area contributed by atoms with Crippen LogP contribution in [-0.2, 0) is 0 Å². The highest BCUT2D eigenvalue weighted by Crippen LogP contribution is 2.38. The highest BCUT2D eigenvalue weighted by molar-refractivity contribution is 5.99. The van der Waals surface area contributed by atoms with Crippen molar-refractivity contribution in [2.75, 3.05) is 24.5 Å². The third-order valence-corrected chi connectivity index (χ3v) is 6.88. The second-order valence-corrected chi connectivity index (χ2v) is 10.4. The van der Waals surface area contributed by atoms with Gasteiger partial charge in [0, 0.05) is 12.2 Å². The third kappa shape index (κ3) is 6.46. The summed E-state index contributed by atoms with van der Waals surface area (Å²) in [5.41, 5.74) is 6.27. The van der Waals surface area contributed by atoms with Crippen LogP contribution in [0.4, 0.5) is 23.2 Å². The van der Waals surface area contributed by atoms with Crippen LogP contribution in [0.2, 0.25) is 0 Å². The van der Waals surface area contributed by atoms with E-state index in [-0.39, 0.29) is 30.6 Å². The van der Waals surface area contributed by atoms with E-state index < -0.39 is 30.4 Å². The molecule has 3 aromatic heterocycles. The smallest absolute Gasteiger partial charge is 0.387 e. The molecule has 1 amide bonds. The number of amides is 1. The summed E-state index contributed by atoms with van der Waals surface area (Å²) in [4.78, 5) is 18.4. The monoisotopic (exact) mass is 547 g/mol. The van der Waals surface area contributed by atoms with Gasteiger partial charge in [-0.1, -0.05) is 0 Å². The summed E-state index contributed by atoms with van der Waals surface area (Å²) in [6.07, 6.45) is -2.43. The van der Waals surface area contributed by atoms with Gasteiger partial charge in [0.05, 0.1) is 58.6 Å². The van der Waals surface area contributed by atoms with Crippen molar-refractivity contribution in [1.82, 2.24) is 19.9 Å². The Morgan fingerprint density at radius 1 is 1.31 bits per heavy atom. The Balaban J connectivity index is 1.68. The number of nitrogens with zero attached hydrogens (tertiary/aromatic N) is 5. The van der Waals surface area contributed by atoms with Crippen LogP contribution in [0.25, 0.3) is 16.9 Å². The number of nitrogens with two attached hydrogens (primary N) is 1. The van der Waals surface area contributed by atoms with E-state index in [0.29, 0.717) is 41.0 Å². The number of aromatic nitrogens is 3. The van der Waals surface area contributed by atoms with Gasteiger partial charge in [-0.15, -0.1) is 0 Å². The zero-order valence-corrected chi connectivity index (χ0v) is 21.4. The van der Waals surface area contributed by atoms with Crippen molar-refractivity contribution in [2.24, 2.45) is 11.7 Å². The minimum absolute atomic E-state index is 0.0425. The zero-order valence-electron chi connectivity index (χ0n) is 21.4. The number of carbonyl (C=O) groups is 1. The summed E-state index contributed by atoms with van der Waals surface area (Å²) in [6.45, 7) is 1.44. The van der Waals surface area contributed by atoms with Crippen LogP contribution in [0.3, 0.4) is 0 Å². The number of fused-ring (bicyclic) bond motifs is 1. The third-order valence-electron chi connectivity index (χ3n) is 6.88. The normalized spacial score (nSPS) is 18.4. The molecule has 39 heavy (non-hydrogen) atoms. The molecule has 1 fully saturated rings. The highest BCUT2D eigenvalue weighted by atomic mass is 19.4. The number of primary amides is 1. The van der Waals surface area contributed by atoms with Gasteiger partial charge >= 0.3 is 6.18 Å². The number of aliphatic hydroxyl groups is 1. The van der Waals surface area contributed by atoms with Gasteiger partial charge in [-0.3, -0.25) is 9.78 Å². The zero-order chi connectivity index (χ0) is 28.5. The lowest BCUT2D eigenvalue weighted by atomic mass is 9.78. The molecule has 1 atom stereocenters. The number of nitrogens with one attached hydrogen (secondary N) is 1. The van der Waals surface area contributed by atoms with E-state index >= 15 is 4.39 Å². The fourth-order valence-corrected chi connectivity index (χ4v) is 4.65. The van der Waals surface area contributed by atoms with E-state index in [1.54, 1.807) is 33.7 Å². The highest BCUT2D eigenvalue weighted by Gasteiger charge is 2.39. The minimum atomic E-state index is -4.32. The summed E-state index contributed by atoms with van der Waals surface area (Å²) in [6, 6.07) is 8.45. The molecule has 1 aliphatic carbocycles. The molecule has 0 aliphatic heterocycles. The van der Waals surface area contributed by atoms with Gasteiger partial charge in [0.1, 0.15) is 12.2 Å². The number of rotatable bonds is 10. The van der Waals surface area contributed by atoms with Crippen molar-refractivity contribution in [2.45, 2.75) is 50.7 Å². The molecular formula is C26H29F4N7O2. The average Bonchev–Trinajstić information content (AvgIpc) is 3.25. The molecule has 3 aromatic rings. The Morgan fingerprint density at radius 3 is 2.64 bits per heavy atom. The van der Waals surface area contributed by atoms with E-state index in [2.05, 4.69) is 15.4 Å². The topological polar surface area (TPSA) is 133 Å². The first-order valence-electron chi connectivity index (χ1n) is 12.4. The molecule has 1 aliphatic rings. The fraction of sp³-hybridized carbons (Fsp3) is 0.462. The maximum atomic E-state index is 15.2. The van der Waals surface area contributed by atoms with Crippen LogP contribution >= 0.6 is 0 Å². The van der Waals surface area contributed by atoms with Crippen LogP contribution in [0, 0.1) is 17.2 Å². The molecular weight excluding hydrogens is 518 g/mol. The summed E-state index contributed by atoms with van der Waals surface area (Å²) in [5, 5.41) is 26.1. The number of hydrogen-bond donors (Lipinski definition) is 3. The standard InChI is InChI=1S/C26H29F4N7O2/c1-25(2,39)23(27)13-36(18-5-15(6-18)10-33-14-26(28,29)30)22-8-20(34-12-19(22)24(32)38)21-4-3-17-7-16(9-31)11-35-37(17)21/h3-4,7-8,11-12,15,18,23,33,39H,5-6,10,13-14H2,1-2H3,(H2,32,38)/t15?,18?,23-/m1/s1. The quantitative estimate of drug-likeness (QED) is 0.332. The van der Waals surface area contributed by atoms with E-state index in [1.165, 1.54) is 26.2 Å². The first kappa shape index (κ1) is 28.3. The van der Waals surface area contributed by atoms with Gasteiger partial charge in [-0.05, 0) is 63.4 Å². The molecule has 9 nitrogen and oxygen atoms in total. The lowest BCUT2D eigenvalue weighted by Gasteiger charge is -2.46. The van der Waals surface area contributed by atoms with E-state index in [1.807, 2.05) is 6.07 Å². The largest absolute Gasteiger partial charge is 0.401 e. The van der Waals surface area contributed by atoms with Crippen molar-refractivity contribution in [1.29, 1.82) is 5.26 Å². The second-order valence-electron chi connectivity index (χ2n) is 10.4. The van der Waals surface area contributed by atoms with Gasteiger partial charge in [-0.25, -0.2) is 8.91 Å². The lowest BCUT2D eigenvalue weighted by Crippen LogP contribution is -2.53. The summed E-state index contributed by atoms with van der Waals surface area (Å²) in [5.74, 6) is -0.862. The van der Waals surface area contributed by atoms with Gasteiger partial charge < -0.3 is 21.1 Å². The van der Waals surface area contributed by atoms with Gasteiger partial charge in [0.25, 0.3) is 5.91 Å². The Morgan fingerprint density at radius 2 is 2.03 bits per heavy atom. The van der Waals surface area contributed by atoms with Crippen molar-refractivity contribution in [3.63, 3.8) is 0 Å². The SMILES string of the molecule is CC(C)(O)[C@H](F)CN(c1cc(-c2ccc3cc(C#N)cnn23)ncc1C(N)=O)C1CC(CNCC(F)(F)F)C1. The molecule has 0 aromatic carbocycles. The predicted octanol–water partition coefficient (Wildman–Crippen LogP) is 3.21. The Kier molecular flexibility index (Phi) is 7.81. The summed E-state index contributed by atoms with van der Waals surface area (Å²) < 4.78 is 54.3. The number of nitriles is 1. The molecule has 208 valence electrons. The molecule has 3 heterocycles. The van der Waals surface area contributed by atoms with Crippen LogP contribution in [0.5, 0.6) is 0 Å². The summed E-state index contributed by atoms with van der Waals surface area (Å²) >= 11 is 0. The first-order chi connectivity index (χ1) is 18.3. The first-order valence-corrected chi connectivity index (χ1v) is 12.4. The van der Waals surface area contributed by atoms with E-state index in [4.69, 9.17) is 11.0 Å². The Hall–Kier alpha value is -3.76. The molecule has 0 bridgehead atoms. The molecule has 4 rings (SSSR count).